The highest BCUT2D eigenvalue weighted by Crippen LogP contribution is 2.21. The first-order valence-electron chi connectivity index (χ1n) is 7.59. The van der Waals surface area contributed by atoms with Gasteiger partial charge in [-0.15, -0.1) is 11.3 Å². The number of aryl methyl sites for hydroxylation is 1. The van der Waals surface area contributed by atoms with Gasteiger partial charge in [0.1, 0.15) is 6.04 Å². The third-order valence-corrected chi connectivity index (χ3v) is 4.53. The van der Waals surface area contributed by atoms with Crippen molar-refractivity contribution in [1.29, 1.82) is 0 Å². The summed E-state index contributed by atoms with van der Waals surface area (Å²) in [5.74, 6) is 1.33. The highest BCUT2D eigenvalue weighted by atomic mass is 32.1. The van der Waals surface area contributed by atoms with Gasteiger partial charge in [0.25, 0.3) is 0 Å². The number of nitrogens with one attached hydrogen (secondary N) is 1. The van der Waals surface area contributed by atoms with Crippen LogP contribution < -0.4 is 5.32 Å². The van der Waals surface area contributed by atoms with E-state index in [9.17, 15) is 4.79 Å². The molecule has 2 heterocycles. The van der Waals surface area contributed by atoms with E-state index >= 15 is 0 Å². The van der Waals surface area contributed by atoms with Gasteiger partial charge in [0.15, 0.2) is 5.82 Å². The van der Waals surface area contributed by atoms with E-state index in [0.29, 0.717) is 18.3 Å². The summed E-state index contributed by atoms with van der Waals surface area (Å²) in [5.41, 5.74) is 0. The van der Waals surface area contributed by atoms with Crippen molar-refractivity contribution >= 4 is 17.4 Å². The third kappa shape index (κ3) is 4.51. The lowest BCUT2D eigenvalue weighted by atomic mass is 10.0. The van der Waals surface area contributed by atoms with Gasteiger partial charge in [-0.05, 0) is 12.8 Å². The van der Waals surface area contributed by atoms with Crippen LogP contribution in [0.5, 0.6) is 0 Å². The lowest BCUT2D eigenvalue weighted by molar-refractivity contribution is 0.192. The first-order chi connectivity index (χ1) is 10.9. The Bertz CT molecular complexity index is 626. The van der Waals surface area contributed by atoms with Crippen LogP contribution in [0, 0.1) is 12.8 Å². The molecule has 7 nitrogen and oxygen atoms in total. The third-order valence-electron chi connectivity index (χ3n) is 3.52. The van der Waals surface area contributed by atoms with E-state index in [1.807, 2.05) is 19.2 Å². The number of hydrogen-bond donors (Lipinski definition) is 1. The molecule has 0 aliphatic heterocycles. The Balaban J connectivity index is 1.98. The maximum Gasteiger partial charge on any atom is 0.317 e. The fourth-order valence-corrected chi connectivity index (χ4v) is 2.94. The maximum absolute atomic E-state index is 12.5. The molecule has 0 aromatic carbocycles. The van der Waals surface area contributed by atoms with Crippen LogP contribution in [0.25, 0.3) is 0 Å². The van der Waals surface area contributed by atoms with E-state index < -0.39 is 0 Å². The number of carbonyl (C=O) groups is 1. The van der Waals surface area contributed by atoms with Gasteiger partial charge in [0, 0.05) is 31.1 Å². The summed E-state index contributed by atoms with van der Waals surface area (Å²) in [6, 6.07) is -0.468. The van der Waals surface area contributed by atoms with E-state index in [1.165, 1.54) is 0 Å². The Hall–Kier alpha value is -1.96. The van der Waals surface area contributed by atoms with Gasteiger partial charge in [-0.2, -0.15) is 4.98 Å². The first-order valence-corrected chi connectivity index (χ1v) is 8.47. The Morgan fingerprint density at radius 2 is 2.17 bits per heavy atom. The summed E-state index contributed by atoms with van der Waals surface area (Å²) >= 11 is 1.60. The molecule has 126 valence electrons. The van der Waals surface area contributed by atoms with Crippen molar-refractivity contribution in [2.45, 2.75) is 39.7 Å². The van der Waals surface area contributed by atoms with Gasteiger partial charge < -0.3 is 14.7 Å². The van der Waals surface area contributed by atoms with Crippen molar-refractivity contribution in [2.75, 3.05) is 13.6 Å². The molecule has 2 rings (SSSR count). The molecule has 0 unspecified atom stereocenters. The standard InChI is InChI=1S/C15H23N5O2S/c1-9(2)12(13-17-11(4)19-22-13)18-15(21)20(5)8-10(3)14-16-6-7-23-14/h6-7,9-10,12H,8H2,1-5H3,(H,18,21)/t10-,12+/m0/s1. The zero-order valence-electron chi connectivity index (χ0n) is 14.1. The molecule has 8 heteroatoms. The van der Waals surface area contributed by atoms with Crippen LogP contribution >= 0.6 is 11.3 Å². The van der Waals surface area contributed by atoms with E-state index in [-0.39, 0.29) is 23.9 Å². The molecule has 2 amide bonds. The van der Waals surface area contributed by atoms with Crippen LogP contribution in [0.2, 0.25) is 0 Å². The van der Waals surface area contributed by atoms with Crippen molar-refractivity contribution in [3.8, 4) is 0 Å². The highest BCUT2D eigenvalue weighted by Gasteiger charge is 2.26. The van der Waals surface area contributed by atoms with Crippen molar-refractivity contribution < 1.29 is 9.32 Å². The van der Waals surface area contributed by atoms with E-state index in [4.69, 9.17) is 4.52 Å². The molecule has 0 fully saturated rings. The van der Waals surface area contributed by atoms with Gasteiger partial charge in [-0.25, -0.2) is 9.78 Å². The number of carbonyl (C=O) groups excluding carboxylic acids is 1. The van der Waals surface area contributed by atoms with Gasteiger partial charge >= 0.3 is 6.03 Å². The molecule has 0 aliphatic rings. The van der Waals surface area contributed by atoms with Crippen LogP contribution in [-0.4, -0.2) is 39.6 Å². The Kier molecular flexibility index (Phi) is 5.70. The Labute approximate surface area is 140 Å². The molecule has 2 aromatic rings. The van der Waals surface area contributed by atoms with Gasteiger partial charge in [0.2, 0.25) is 5.89 Å². The second kappa shape index (κ2) is 7.54. The summed E-state index contributed by atoms with van der Waals surface area (Å²) in [4.78, 5) is 22.6. The number of nitrogens with zero attached hydrogens (tertiary/aromatic N) is 4. The zero-order valence-corrected chi connectivity index (χ0v) is 14.9. The molecule has 1 N–H and O–H groups in total. The lowest BCUT2D eigenvalue weighted by Gasteiger charge is -2.25. The fraction of sp³-hybridized carbons (Fsp3) is 0.600. The van der Waals surface area contributed by atoms with Crippen LogP contribution in [0.3, 0.4) is 0 Å². The average molecular weight is 337 g/mol. The van der Waals surface area contributed by atoms with Gasteiger partial charge in [-0.3, -0.25) is 0 Å². The molecular formula is C15H23N5O2S. The van der Waals surface area contributed by atoms with Crippen molar-refractivity contribution in [3.63, 3.8) is 0 Å². The number of aromatic nitrogens is 3. The molecule has 0 saturated carbocycles. The molecule has 23 heavy (non-hydrogen) atoms. The normalized spacial score (nSPS) is 13.8. The van der Waals surface area contributed by atoms with Crippen molar-refractivity contribution in [1.82, 2.24) is 25.3 Å². The Morgan fingerprint density at radius 3 is 2.70 bits per heavy atom. The predicted octanol–water partition coefficient (Wildman–Crippen LogP) is 2.98. The van der Waals surface area contributed by atoms with E-state index in [1.54, 1.807) is 36.4 Å². The van der Waals surface area contributed by atoms with Gasteiger partial charge in [-0.1, -0.05) is 25.9 Å². The number of urea groups is 1. The second-order valence-corrected chi connectivity index (χ2v) is 6.93. The van der Waals surface area contributed by atoms with E-state index in [0.717, 1.165) is 5.01 Å². The average Bonchev–Trinajstić information content (AvgIpc) is 3.15. The quantitative estimate of drug-likeness (QED) is 0.876. The second-order valence-electron chi connectivity index (χ2n) is 6.00. The van der Waals surface area contributed by atoms with E-state index in [2.05, 4.69) is 27.4 Å². The molecule has 0 aliphatic carbocycles. The predicted molar refractivity (Wildman–Crippen MR) is 88.3 cm³/mol. The fourth-order valence-electron chi connectivity index (χ4n) is 2.25. The van der Waals surface area contributed by atoms with Crippen LogP contribution in [-0.2, 0) is 0 Å². The summed E-state index contributed by atoms with van der Waals surface area (Å²) in [6.07, 6.45) is 1.78. The Morgan fingerprint density at radius 1 is 1.43 bits per heavy atom. The maximum atomic E-state index is 12.5. The largest absolute Gasteiger partial charge is 0.337 e. The highest BCUT2D eigenvalue weighted by molar-refractivity contribution is 7.09. The topological polar surface area (TPSA) is 84.2 Å². The van der Waals surface area contributed by atoms with Crippen molar-refractivity contribution in [3.05, 3.63) is 28.3 Å². The lowest BCUT2D eigenvalue weighted by Crippen LogP contribution is -2.42. The summed E-state index contributed by atoms with van der Waals surface area (Å²) in [6.45, 7) is 8.41. The number of thiazole rings is 1. The molecule has 2 aromatic heterocycles. The zero-order chi connectivity index (χ0) is 17.0. The number of rotatable bonds is 6. The molecular weight excluding hydrogens is 314 g/mol. The molecule has 0 spiro atoms. The monoisotopic (exact) mass is 337 g/mol. The molecule has 0 saturated heterocycles. The molecule has 2 atom stereocenters. The summed E-state index contributed by atoms with van der Waals surface area (Å²) in [7, 11) is 1.77. The first kappa shape index (κ1) is 17.4. The number of hydrogen-bond acceptors (Lipinski definition) is 6. The van der Waals surface area contributed by atoms with Crippen LogP contribution in [0.4, 0.5) is 4.79 Å². The molecule has 0 bridgehead atoms. The smallest absolute Gasteiger partial charge is 0.317 e. The summed E-state index contributed by atoms with van der Waals surface area (Å²) in [5, 5.41) is 9.74. The minimum atomic E-state index is -0.304. The number of likely N-dealkylation sites (N-methyl/N-ethyl adjacent to an activating group) is 1. The minimum absolute atomic E-state index is 0.142. The summed E-state index contributed by atoms with van der Waals surface area (Å²) < 4.78 is 5.21. The van der Waals surface area contributed by atoms with Crippen LogP contribution in [0.1, 0.15) is 49.5 Å². The molecule has 0 radical (unpaired) electrons. The minimum Gasteiger partial charge on any atom is -0.337 e. The van der Waals surface area contributed by atoms with Crippen LogP contribution in [0.15, 0.2) is 16.1 Å². The van der Waals surface area contributed by atoms with Gasteiger partial charge in [0.05, 0.1) is 5.01 Å². The SMILES string of the molecule is Cc1noc([C@H](NC(=O)N(C)C[C@H](C)c2nccs2)C(C)C)n1. The number of amides is 2. The van der Waals surface area contributed by atoms with Crippen molar-refractivity contribution in [2.24, 2.45) is 5.92 Å².